The van der Waals surface area contributed by atoms with E-state index in [9.17, 15) is 14.9 Å². The number of benzene rings is 1. The van der Waals surface area contributed by atoms with Crippen LogP contribution in [0.25, 0.3) is 0 Å². The number of anilines is 1. The number of nitriles is 1. The SMILES string of the molecule is CCOC(=O)c1sc(NC(=O)CCCOc2ccc(Cl)c(C)c2)c(C#N)c1C. The maximum absolute atomic E-state index is 12.2. The summed E-state index contributed by atoms with van der Waals surface area (Å²) in [5.41, 5.74) is 1.73. The van der Waals surface area contributed by atoms with E-state index >= 15 is 0 Å². The lowest BCUT2D eigenvalue weighted by molar-refractivity contribution is -0.116. The minimum Gasteiger partial charge on any atom is -0.494 e. The second kappa shape index (κ2) is 10.1. The zero-order valence-corrected chi connectivity index (χ0v) is 17.5. The highest BCUT2D eigenvalue weighted by atomic mass is 35.5. The van der Waals surface area contributed by atoms with Crippen LogP contribution < -0.4 is 10.1 Å². The van der Waals surface area contributed by atoms with E-state index in [0.717, 1.165) is 16.9 Å². The van der Waals surface area contributed by atoms with Crippen molar-refractivity contribution < 1.29 is 19.1 Å². The predicted octanol–water partition coefficient (Wildman–Crippen LogP) is 4.86. The third kappa shape index (κ3) is 5.47. The van der Waals surface area contributed by atoms with Crippen LogP contribution in [0.3, 0.4) is 0 Å². The molecule has 28 heavy (non-hydrogen) atoms. The van der Waals surface area contributed by atoms with E-state index in [1.165, 1.54) is 0 Å². The first-order valence-electron chi connectivity index (χ1n) is 8.76. The summed E-state index contributed by atoms with van der Waals surface area (Å²) in [6.45, 7) is 5.88. The van der Waals surface area contributed by atoms with Crippen LogP contribution in [0.2, 0.25) is 5.02 Å². The van der Waals surface area contributed by atoms with Gasteiger partial charge in [-0.3, -0.25) is 4.79 Å². The predicted molar refractivity (Wildman–Crippen MR) is 109 cm³/mol. The maximum atomic E-state index is 12.2. The summed E-state index contributed by atoms with van der Waals surface area (Å²) in [7, 11) is 0. The van der Waals surface area contributed by atoms with Gasteiger partial charge < -0.3 is 14.8 Å². The minimum atomic E-state index is -0.492. The summed E-state index contributed by atoms with van der Waals surface area (Å²) in [5, 5.41) is 13.1. The number of esters is 1. The van der Waals surface area contributed by atoms with Crippen molar-refractivity contribution in [2.24, 2.45) is 0 Å². The average Bonchev–Trinajstić information content (AvgIpc) is 2.97. The van der Waals surface area contributed by atoms with Crippen molar-refractivity contribution in [1.29, 1.82) is 5.26 Å². The van der Waals surface area contributed by atoms with E-state index in [1.54, 1.807) is 26.0 Å². The molecule has 8 heteroatoms. The molecule has 0 bridgehead atoms. The Bertz CT molecular complexity index is 918. The van der Waals surface area contributed by atoms with Crippen LogP contribution in [0.15, 0.2) is 18.2 Å². The van der Waals surface area contributed by atoms with E-state index in [0.29, 0.717) is 39.2 Å². The second-order valence-electron chi connectivity index (χ2n) is 6.00. The number of amides is 1. The van der Waals surface area contributed by atoms with Gasteiger partial charge in [0.05, 0.1) is 18.8 Å². The molecule has 0 atom stereocenters. The first-order valence-corrected chi connectivity index (χ1v) is 9.96. The molecule has 1 aromatic carbocycles. The lowest BCUT2D eigenvalue weighted by Gasteiger charge is -2.08. The summed E-state index contributed by atoms with van der Waals surface area (Å²) < 4.78 is 10.6. The van der Waals surface area contributed by atoms with Crippen molar-refractivity contribution in [1.82, 2.24) is 0 Å². The fourth-order valence-corrected chi connectivity index (χ4v) is 3.63. The Kier molecular flexibility index (Phi) is 7.85. The van der Waals surface area contributed by atoms with E-state index in [1.807, 2.05) is 19.1 Å². The van der Waals surface area contributed by atoms with Crippen molar-refractivity contribution >= 4 is 39.8 Å². The second-order valence-corrected chi connectivity index (χ2v) is 7.43. The van der Waals surface area contributed by atoms with E-state index in [-0.39, 0.29) is 24.5 Å². The van der Waals surface area contributed by atoms with Gasteiger partial charge >= 0.3 is 5.97 Å². The third-order valence-corrected chi connectivity index (χ3v) is 5.53. The molecule has 0 unspecified atom stereocenters. The summed E-state index contributed by atoms with van der Waals surface area (Å²) >= 11 is 7.03. The first kappa shape index (κ1) is 21.7. The van der Waals surface area contributed by atoms with Crippen LogP contribution in [0.1, 0.15) is 46.1 Å². The number of nitrogens with one attached hydrogen (secondary N) is 1. The summed E-state index contributed by atoms with van der Waals surface area (Å²) in [6.07, 6.45) is 0.730. The van der Waals surface area contributed by atoms with Gasteiger partial charge in [-0.15, -0.1) is 11.3 Å². The van der Waals surface area contributed by atoms with Gasteiger partial charge in [0.1, 0.15) is 21.7 Å². The van der Waals surface area contributed by atoms with Crippen molar-refractivity contribution in [3.63, 3.8) is 0 Å². The molecule has 0 aliphatic heterocycles. The van der Waals surface area contributed by atoms with Crippen LogP contribution in [0.4, 0.5) is 5.00 Å². The van der Waals surface area contributed by atoms with Crippen molar-refractivity contribution in [2.45, 2.75) is 33.6 Å². The number of carbonyl (C=O) groups excluding carboxylic acids is 2. The van der Waals surface area contributed by atoms with E-state index in [4.69, 9.17) is 21.1 Å². The molecule has 2 aromatic rings. The highest BCUT2D eigenvalue weighted by Crippen LogP contribution is 2.33. The van der Waals surface area contributed by atoms with Gasteiger partial charge in [-0.1, -0.05) is 11.6 Å². The Hall–Kier alpha value is -2.56. The molecule has 1 N–H and O–H groups in total. The molecule has 0 saturated heterocycles. The van der Waals surface area contributed by atoms with Gasteiger partial charge in [-0.25, -0.2) is 4.79 Å². The van der Waals surface area contributed by atoms with Gasteiger partial charge in [-0.2, -0.15) is 5.26 Å². The highest BCUT2D eigenvalue weighted by molar-refractivity contribution is 7.18. The number of rotatable bonds is 8. The van der Waals surface area contributed by atoms with Crippen LogP contribution >= 0.6 is 22.9 Å². The average molecular weight is 421 g/mol. The Balaban J connectivity index is 1.90. The Morgan fingerprint density at radius 3 is 2.71 bits per heavy atom. The Labute approximate surface area is 173 Å². The molecule has 0 aliphatic carbocycles. The number of carbonyl (C=O) groups is 2. The highest BCUT2D eigenvalue weighted by Gasteiger charge is 2.22. The monoisotopic (exact) mass is 420 g/mol. The topological polar surface area (TPSA) is 88.4 Å². The van der Waals surface area contributed by atoms with Gasteiger partial charge in [0.2, 0.25) is 5.91 Å². The van der Waals surface area contributed by atoms with Crippen molar-refractivity contribution in [3.8, 4) is 11.8 Å². The lowest BCUT2D eigenvalue weighted by atomic mass is 10.1. The molecular formula is C20H21ClN2O4S. The molecular weight excluding hydrogens is 400 g/mol. The molecule has 0 fully saturated rings. The molecule has 0 radical (unpaired) electrons. The normalized spacial score (nSPS) is 10.2. The van der Waals surface area contributed by atoms with E-state index in [2.05, 4.69) is 5.32 Å². The van der Waals surface area contributed by atoms with Crippen LogP contribution in [0.5, 0.6) is 5.75 Å². The number of thiophene rings is 1. The van der Waals surface area contributed by atoms with Gasteiger partial charge in [0.15, 0.2) is 0 Å². The molecule has 2 rings (SSSR count). The van der Waals surface area contributed by atoms with Gasteiger partial charge in [0.25, 0.3) is 0 Å². The zero-order valence-electron chi connectivity index (χ0n) is 15.9. The molecule has 148 valence electrons. The van der Waals surface area contributed by atoms with Gasteiger partial charge in [0, 0.05) is 11.4 Å². The Morgan fingerprint density at radius 1 is 1.32 bits per heavy atom. The maximum Gasteiger partial charge on any atom is 0.348 e. The fraction of sp³-hybridized carbons (Fsp3) is 0.350. The molecule has 1 amide bonds. The first-order chi connectivity index (χ1) is 13.4. The van der Waals surface area contributed by atoms with Crippen LogP contribution in [0, 0.1) is 25.2 Å². The number of aryl methyl sites for hydroxylation is 1. The van der Waals surface area contributed by atoms with Gasteiger partial charge in [-0.05, 0) is 56.5 Å². The summed E-state index contributed by atoms with van der Waals surface area (Å²) in [4.78, 5) is 24.5. The largest absolute Gasteiger partial charge is 0.494 e. The fourth-order valence-electron chi connectivity index (χ4n) is 2.45. The lowest BCUT2D eigenvalue weighted by Crippen LogP contribution is -2.12. The number of hydrogen-bond acceptors (Lipinski definition) is 6. The summed E-state index contributed by atoms with van der Waals surface area (Å²) in [6, 6.07) is 7.42. The van der Waals surface area contributed by atoms with Crippen LogP contribution in [-0.4, -0.2) is 25.1 Å². The van der Waals surface area contributed by atoms with Crippen molar-refractivity contribution in [3.05, 3.63) is 44.8 Å². The zero-order chi connectivity index (χ0) is 20.7. The number of ether oxygens (including phenoxy) is 2. The standard InChI is InChI=1S/C20H21ClN2O4S/c1-4-26-20(25)18-13(3)15(11-22)19(28-18)23-17(24)6-5-9-27-14-7-8-16(21)12(2)10-14/h7-8,10H,4-6,9H2,1-3H3,(H,23,24). The minimum absolute atomic E-state index is 0.225. The van der Waals surface area contributed by atoms with Crippen molar-refractivity contribution in [2.75, 3.05) is 18.5 Å². The molecule has 6 nitrogen and oxygen atoms in total. The number of halogens is 1. The number of nitrogens with zero attached hydrogens (tertiary/aromatic N) is 1. The molecule has 0 spiro atoms. The molecule has 0 saturated carbocycles. The number of hydrogen-bond donors (Lipinski definition) is 1. The third-order valence-electron chi connectivity index (χ3n) is 3.92. The molecule has 1 aromatic heterocycles. The smallest absolute Gasteiger partial charge is 0.348 e. The summed E-state index contributed by atoms with van der Waals surface area (Å²) in [5.74, 6) is -0.0419. The quantitative estimate of drug-likeness (QED) is 0.486. The molecule has 0 aliphatic rings. The van der Waals surface area contributed by atoms with E-state index < -0.39 is 5.97 Å². The Morgan fingerprint density at radius 2 is 2.07 bits per heavy atom. The molecule has 1 heterocycles. The van der Waals surface area contributed by atoms with Crippen LogP contribution in [-0.2, 0) is 9.53 Å².